The Kier molecular flexibility index (Phi) is 6.69. The van der Waals surface area contributed by atoms with Crippen LogP contribution < -0.4 is 5.32 Å². The Bertz CT molecular complexity index is 1250. The van der Waals surface area contributed by atoms with Crippen LogP contribution in [0.4, 0.5) is 9.18 Å². The molecule has 0 radical (unpaired) electrons. The van der Waals surface area contributed by atoms with E-state index in [-0.39, 0.29) is 11.7 Å². The van der Waals surface area contributed by atoms with Crippen molar-refractivity contribution in [1.29, 1.82) is 0 Å². The number of thioether (sulfide) groups is 1. The van der Waals surface area contributed by atoms with Gasteiger partial charge in [-0.2, -0.15) is 0 Å². The van der Waals surface area contributed by atoms with Gasteiger partial charge in [-0.15, -0.1) is 10.2 Å². The molecule has 9 heteroatoms. The second-order valence-corrected chi connectivity index (χ2v) is 9.51. The molecule has 2 aromatic heterocycles. The first kappa shape index (κ1) is 22.8. The van der Waals surface area contributed by atoms with Gasteiger partial charge in [-0.1, -0.05) is 42.1 Å². The number of fused-ring (bicyclic) bond motifs is 1. The summed E-state index contributed by atoms with van der Waals surface area (Å²) < 4.78 is 24.7. The Morgan fingerprint density at radius 2 is 2.03 bits per heavy atom. The summed E-state index contributed by atoms with van der Waals surface area (Å²) >= 11 is 1.30. The highest BCUT2D eigenvalue weighted by molar-refractivity contribution is 7.98. The Labute approximate surface area is 195 Å². The molecule has 0 saturated heterocycles. The summed E-state index contributed by atoms with van der Waals surface area (Å²) in [6.45, 7) is 5.40. The fraction of sp³-hybridized carbons (Fsp3) is 0.292. The molecule has 0 aliphatic rings. The predicted molar refractivity (Wildman–Crippen MR) is 124 cm³/mol. The van der Waals surface area contributed by atoms with Gasteiger partial charge in [-0.05, 0) is 50.1 Å². The molecule has 33 heavy (non-hydrogen) atoms. The maximum absolute atomic E-state index is 13.4. The van der Waals surface area contributed by atoms with Crippen LogP contribution >= 0.6 is 11.8 Å². The van der Waals surface area contributed by atoms with Crippen molar-refractivity contribution >= 4 is 28.8 Å². The number of carbonyl (C=O) groups excluding carboxylic acids is 1. The average molecular weight is 469 g/mol. The Balaban J connectivity index is 1.53. The maximum atomic E-state index is 13.4. The minimum atomic E-state index is -0.643. The minimum absolute atomic E-state index is 0.271. The second-order valence-electron chi connectivity index (χ2n) is 8.59. The van der Waals surface area contributed by atoms with Gasteiger partial charge in [-0.25, -0.2) is 9.18 Å². The molecule has 1 atom stereocenters. The molecule has 0 fully saturated rings. The molecular weight excluding hydrogens is 443 g/mol. The van der Waals surface area contributed by atoms with Crippen molar-refractivity contribution in [2.45, 2.75) is 49.8 Å². The molecule has 7 nitrogen and oxygen atoms in total. The number of nitrogens with one attached hydrogen (secondary N) is 2. The average Bonchev–Trinajstić information content (AvgIpc) is 3.38. The molecule has 4 rings (SSSR count). The summed E-state index contributed by atoms with van der Waals surface area (Å²) in [5, 5.41) is 12.5. The van der Waals surface area contributed by atoms with Gasteiger partial charge in [0.25, 0.3) is 5.22 Å². The van der Waals surface area contributed by atoms with E-state index in [0.717, 1.165) is 22.0 Å². The van der Waals surface area contributed by atoms with E-state index >= 15 is 0 Å². The van der Waals surface area contributed by atoms with Gasteiger partial charge in [0.2, 0.25) is 5.89 Å². The number of para-hydroxylation sites is 1. The maximum Gasteiger partial charge on any atom is 0.408 e. The first-order chi connectivity index (χ1) is 15.8. The van der Waals surface area contributed by atoms with Gasteiger partial charge in [0.05, 0.1) is 0 Å². The first-order valence-corrected chi connectivity index (χ1v) is 11.5. The van der Waals surface area contributed by atoms with Crippen LogP contribution in [0.3, 0.4) is 0 Å². The Morgan fingerprint density at radius 3 is 2.82 bits per heavy atom. The topological polar surface area (TPSA) is 93.0 Å². The lowest BCUT2D eigenvalue weighted by molar-refractivity contribution is 0.0494. The zero-order chi connectivity index (χ0) is 23.4. The largest absolute Gasteiger partial charge is 0.444 e. The van der Waals surface area contributed by atoms with Crippen molar-refractivity contribution < 1.29 is 18.3 Å². The molecule has 0 bridgehead atoms. The minimum Gasteiger partial charge on any atom is -0.444 e. The van der Waals surface area contributed by atoms with E-state index < -0.39 is 17.7 Å². The van der Waals surface area contributed by atoms with E-state index in [0.29, 0.717) is 17.4 Å². The lowest BCUT2D eigenvalue weighted by Crippen LogP contribution is -2.36. The summed E-state index contributed by atoms with van der Waals surface area (Å²) in [6, 6.07) is 13.7. The number of halogens is 1. The van der Waals surface area contributed by atoms with Gasteiger partial charge in [0.1, 0.15) is 17.5 Å². The van der Waals surface area contributed by atoms with E-state index in [1.165, 1.54) is 23.9 Å². The number of ether oxygens (including phenoxy) is 1. The van der Waals surface area contributed by atoms with Crippen molar-refractivity contribution in [3.05, 3.63) is 77.6 Å². The number of hydrogen-bond donors (Lipinski definition) is 2. The summed E-state index contributed by atoms with van der Waals surface area (Å²) in [7, 11) is 0. The smallest absolute Gasteiger partial charge is 0.408 e. The van der Waals surface area contributed by atoms with Gasteiger partial charge in [0, 0.05) is 29.3 Å². The van der Waals surface area contributed by atoms with E-state index in [4.69, 9.17) is 9.15 Å². The lowest BCUT2D eigenvalue weighted by Gasteiger charge is -2.22. The number of benzene rings is 2. The monoisotopic (exact) mass is 468 g/mol. The molecular formula is C24H25FN4O3S. The van der Waals surface area contributed by atoms with Gasteiger partial charge < -0.3 is 19.5 Å². The number of rotatable bonds is 7. The molecule has 2 N–H and O–H groups in total. The number of aromatic amines is 1. The van der Waals surface area contributed by atoms with Crippen LogP contribution in [0.25, 0.3) is 10.9 Å². The van der Waals surface area contributed by atoms with Crippen molar-refractivity contribution in [2.75, 3.05) is 0 Å². The van der Waals surface area contributed by atoms with Gasteiger partial charge >= 0.3 is 6.09 Å². The summed E-state index contributed by atoms with van der Waals surface area (Å²) in [4.78, 5) is 15.8. The van der Waals surface area contributed by atoms with Crippen LogP contribution in [0.1, 0.15) is 43.8 Å². The van der Waals surface area contributed by atoms with Crippen molar-refractivity contribution in [3.8, 4) is 0 Å². The number of H-pyrrole nitrogens is 1. The SMILES string of the molecule is CC(C)(C)OC(=O)N[C@@H](Cc1c[nH]c2ccccc12)c1nnc(SCc2cccc(F)c2)o1. The van der Waals surface area contributed by atoms with Gasteiger partial charge in [-0.3, -0.25) is 0 Å². The molecule has 2 heterocycles. The summed E-state index contributed by atoms with van der Waals surface area (Å²) in [5.74, 6) is 0.457. The zero-order valence-electron chi connectivity index (χ0n) is 18.6. The van der Waals surface area contributed by atoms with E-state index in [2.05, 4.69) is 20.5 Å². The number of aromatic nitrogens is 3. The van der Waals surface area contributed by atoms with Crippen LogP contribution in [-0.4, -0.2) is 26.9 Å². The molecule has 0 spiro atoms. The Hall–Kier alpha value is -3.33. The normalized spacial score (nSPS) is 12.6. The van der Waals surface area contributed by atoms with Crippen LogP contribution in [-0.2, 0) is 16.9 Å². The second kappa shape index (κ2) is 9.66. The molecule has 4 aromatic rings. The molecule has 172 valence electrons. The summed E-state index contributed by atoms with van der Waals surface area (Å²) in [5.41, 5.74) is 2.16. The predicted octanol–water partition coefficient (Wildman–Crippen LogP) is 5.79. The molecule has 0 saturated carbocycles. The molecule has 0 aliphatic heterocycles. The standard InChI is InChI=1S/C24H25FN4O3S/c1-24(2,3)32-22(30)27-20(12-16-13-26-19-10-5-4-9-18(16)19)21-28-29-23(31-21)33-14-15-7-6-8-17(25)11-15/h4-11,13,20,26H,12,14H2,1-3H3,(H,27,30)/t20-/m0/s1. The zero-order valence-corrected chi connectivity index (χ0v) is 19.4. The van der Waals surface area contributed by atoms with Crippen LogP contribution in [0.5, 0.6) is 0 Å². The Morgan fingerprint density at radius 1 is 1.21 bits per heavy atom. The van der Waals surface area contributed by atoms with Crippen LogP contribution in [0.2, 0.25) is 0 Å². The molecule has 0 unspecified atom stereocenters. The van der Waals surface area contributed by atoms with Crippen LogP contribution in [0.15, 0.2) is 64.4 Å². The number of hydrogen-bond acceptors (Lipinski definition) is 6. The fourth-order valence-electron chi connectivity index (χ4n) is 3.36. The van der Waals surface area contributed by atoms with E-state index in [1.807, 2.05) is 36.5 Å². The highest BCUT2D eigenvalue weighted by Gasteiger charge is 2.26. The highest BCUT2D eigenvalue weighted by atomic mass is 32.2. The number of nitrogens with zero attached hydrogens (tertiary/aromatic N) is 2. The number of alkyl carbamates (subject to hydrolysis) is 1. The third-order valence-electron chi connectivity index (χ3n) is 4.76. The summed E-state index contributed by atoms with van der Waals surface area (Å²) in [6.07, 6.45) is 1.77. The van der Waals surface area contributed by atoms with E-state index in [1.54, 1.807) is 26.8 Å². The molecule has 2 aromatic carbocycles. The number of carbonyl (C=O) groups is 1. The fourth-order valence-corrected chi connectivity index (χ4v) is 4.07. The lowest BCUT2D eigenvalue weighted by atomic mass is 10.1. The van der Waals surface area contributed by atoms with Crippen molar-refractivity contribution in [2.24, 2.45) is 0 Å². The molecule has 1 amide bonds. The van der Waals surface area contributed by atoms with Gasteiger partial charge in [0.15, 0.2) is 0 Å². The third-order valence-corrected chi connectivity index (χ3v) is 5.65. The first-order valence-electron chi connectivity index (χ1n) is 10.5. The quantitative estimate of drug-likeness (QED) is 0.334. The third kappa shape index (κ3) is 6.13. The van der Waals surface area contributed by atoms with Crippen molar-refractivity contribution in [3.63, 3.8) is 0 Å². The van der Waals surface area contributed by atoms with Crippen LogP contribution in [0, 0.1) is 5.82 Å². The number of amides is 1. The highest BCUT2D eigenvalue weighted by Crippen LogP contribution is 2.28. The van der Waals surface area contributed by atoms with Crippen molar-refractivity contribution in [1.82, 2.24) is 20.5 Å². The molecule has 0 aliphatic carbocycles. The van der Waals surface area contributed by atoms with E-state index in [9.17, 15) is 9.18 Å².